The molecule has 4 nitrogen and oxygen atoms in total. The van der Waals surface area contributed by atoms with Crippen LogP contribution < -0.4 is 0 Å². The van der Waals surface area contributed by atoms with E-state index in [-0.39, 0.29) is 13.2 Å². The van der Waals surface area contributed by atoms with E-state index in [0.717, 1.165) is 0 Å². The maximum atomic E-state index is 8.35. The Bertz CT molecular complexity index is 124. The van der Waals surface area contributed by atoms with Gasteiger partial charge in [0.2, 0.25) is 0 Å². The van der Waals surface area contributed by atoms with Gasteiger partial charge in [-0.1, -0.05) is 0 Å². The molecule has 0 fully saturated rings. The first kappa shape index (κ1) is 10.3. The summed E-state index contributed by atoms with van der Waals surface area (Å²) >= 11 is 0. The lowest BCUT2D eigenvalue weighted by molar-refractivity contribution is 0.308. The van der Waals surface area contributed by atoms with Gasteiger partial charge in [0, 0.05) is 25.5 Å². The van der Waals surface area contributed by atoms with Crippen LogP contribution in [0.3, 0.4) is 0 Å². The molecule has 0 aromatic heterocycles. The topological polar surface area (TPSA) is 65.2 Å². The molecular weight excluding hydrogens is 144 g/mol. The third-order valence-electron chi connectivity index (χ3n) is 0.956. The van der Waals surface area contributed by atoms with E-state index >= 15 is 0 Å². The largest absolute Gasteiger partial charge is 0.396 e. The number of aliphatic hydroxyl groups excluding tert-OH is 2. The summed E-state index contributed by atoms with van der Waals surface area (Å²) in [4.78, 5) is 7.79. The standard InChI is InChI=1S/C7H14N2O2/c10-6-1-2-8-3-4-9-5-7-11/h2,5,10-11H,1,3-4,6-7H2. The Morgan fingerprint density at radius 2 is 1.64 bits per heavy atom. The van der Waals surface area contributed by atoms with Gasteiger partial charge < -0.3 is 10.2 Å². The van der Waals surface area contributed by atoms with Gasteiger partial charge in [-0.2, -0.15) is 0 Å². The number of aliphatic hydroxyl groups is 2. The van der Waals surface area contributed by atoms with Crippen molar-refractivity contribution in [1.82, 2.24) is 0 Å². The highest BCUT2D eigenvalue weighted by atomic mass is 16.3. The van der Waals surface area contributed by atoms with E-state index in [4.69, 9.17) is 10.2 Å². The van der Waals surface area contributed by atoms with Gasteiger partial charge >= 0.3 is 0 Å². The fourth-order valence-electron chi connectivity index (χ4n) is 0.505. The second-order valence-electron chi connectivity index (χ2n) is 1.87. The highest BCUT2D eigenvalue weighted by molar-refractivity contribution is 5.58. The van der Waals surface area contributed by atoms with Gasteiger partial charge in [-0.25, -0.2) is 0 Å². The normalized spacial score (nSPS) is 11.8. The number of hydrogen-bond donors (Lipinski definition) is 2. The number of rotatable bonds is 6. The first-order chi connectivity index (χ1) is 5.41. The van der Waals surface area contributed by atoms with Crippen LogP contribution in [0.25, 0.3) is 0 Å². The lowest BCUT2D eigenvalue weighted by Gasteiger charge is -1.87. The molecule has 64 valence electrons. The molecule has 0 saturated carbocycles. The van der Waals surface area contributed by atoms with Crippen molar-refractivity contribution < 1.29 is 10.2 Å². The Morgan fingerprint density at radius 1 is 1.00 bits per heavy atom. The second kappa shape index (κ2) is 9.26. The predicted molar refractivity (Wildman–Crippen MR) is 45.5 cm³/mol. The molecule has 0 saturated heterocycles. The van der Waals surface area contributed by atoms with Crippen LogP contribution in [0.15, 0.2) is 9.98 Å². The van der Waals surface area contributed by atoms with Gasteiger partial charge in [-0.3, -0.25) is 9.98 Å². The molecule has 0 radical (unpaired) electrons. The Morgan fingerprint density at radius 3 is 2.18 bits per heavy atom. The molecule has 0 aromatic carbocycles. The van der Waals surface area contributed by atoms with Crippen molar-refractivity contribution in [1.29, 1.82) is 0 Å². The van der Waals surface area contributed by atoms with Crippen LogP contribution in [0.4, 0.5) is 0 Å². The van der Waals surface area contributed by atoms with E-state index in [1.54, 1.807) is 6.21 Å². The number of hydrogen-bond acceptors (Lipinski definition) is 4. The van der Waals surface area contributed by atoms with Gasteiger partial charge in [0.05, 0.1) is 19.7 Å². The molecule has 0 aliphatic heterocycles. The molecule has 0 bridgehead atoms. The van der Waals surface area contributed by atoms with Crippen molar-refractivity contribution in [2.45, 2.75) is 6.42 Å². The quantitative estimate of drug-likeness (QED) is 0.404. The Balaban J connectivity index is 3.06. The zero-order chi connectivity index (χ0) is 8.36. The Labute approximate surface area is 66.3 Å². The zero-order valence-corrected chi connectivity index (χ0v) is 6.48. The summed E-state index contributed by atoms with van der Waals surface area (Å²) in [7, 11) is 0. The molecule has 11 heavy (non-hydrogen) atoms. The smallest absolute Gasteiger partial charge is 0.0779 e. The maximum Gasteiger partial charge on any atom is 0.0779 e. The van der Waals surface area contributed by atoms with Crippen LogP contribution in [0.5, 0.6) is 0 Å². The number of nitrogens with zero attached hydrogens (tertiary/aromatic N) is 2. The van der Waals surface area contributed by atoms with Crippen LogP contribution in [0.2, 0.25) is 0 Å². The molecule has 4 heteroatoms. The van der Waals surface area contributed by atoms with Gasteiger partial charge in [0.15, 0.2) is 0 Å². The van der Waals surface area contributed by atoms with Crippen LogP contribution in [-0.4, -0.2) is 48.9 Å². The van der Waals surface area contributed by atoms with Gasteiger partial charge in [-0.05, 0) is 0 Å². The Kier molecular flexibility index (Phi) is 8.64. The summed E-state index contributed by atoms with van der Waals surface area (Å²) in [6.45, 7) is 1.35. The van der Waals surface area contributed by atoms with E-state index in [9.17, 15) is 0 Å². The molecule has 0 unspecified atom stereocenters. The average Bonchev–Trinajstić information content (AvgIpc) is 2.03. The molecule has 0 spiro atoms. The molecule has 0 aliphatic rings. The van der Waals surface area contributed by atoms with E-state index < -0.39 is 0 Å². The summed E-state index contributed by atoms with van der Waals surface area (Å²) in [6.07, 6.45) is 3.72. The fourth-order valence-corrected chi connectivity index (χ4v) is 0.505. The first-order valence-corrected chi connectivity index (χ1v) is 3.60. The van der Waals surface area contributed by atoms with Crippen LogP contribution >= 0.6 is 0 Å². The summed E-state index contributed by atoms with van der Waals surface area (Å²) in [5.74, 6) is 0. The first-order valence-electron chi connectivity index (χ1n) is 3.60. The highest BCUT2D eigenvalue weighted by Crippen LogP contribution is 1.74. The van der Waals surface area contributed by atoms with Crippen molar-refractivity contribution in [3.05, 3.63) is 0 Å². The monoisotopic (exact) mass is 158 g/mol. The van der Waals surface area contributed by atoms with Gasteiger partial charge in [0.1, 0.15) is 0 Å². The third-order valence-corrected chi connectivity index (χ3v) is 0.956. The summed E-state index contributed by atoms with van der Waals surface area (Å²) in [6, 6.07) is 0. The van der Waals surface area contributed by atoms with Crippen molar-refractivity contribution in [3.8, 4) is 0 Å². The van der Waals surface area contributed by atoms with Gasteiger partial charge in [-0.15, -0.1) is 0 Å². The minimum absolute atomic E-state index is 0.0135. The third kappa shape index (κ3) is 9.26. The maximum absolute atomic E-state index is 8.35. The molecule has 0 amide bonds. The van der Waals surface area contributed by atoms with Crippen molar-refractivity contribution in [2.24, 2.45) is 9.98 Å². The molecule has 0 atom stereocenters. The molecule has 0 aromatic rings. The van der Waals surface area contributed by atoms with Crippen molar-refractivity contribution >= 4 is 12.4 Å². The van der Waals surface area contributed by atoms with Crippen LogP contribution in [0, 0.1) is 0 Å². The van der Waals surface area contributed by atoms with Crippen LogP contribution in [-0.2, 0) is 0 Å². The fraction of sp³-hybridized carbons (Fsp3) is 0.714. The van der Waals surface area contributed by atoms with Crippen molar-refractivity contribution in [3.63, 3.8) is 0 Å². The minimum Gasteiger partial charge on any atom is -0.396 e. The Hall–Kier alpha value is -0.740. The molecular formula is C7H14N2O2. The highest BCUT2D eigenvalue weighted by Gasteiger charge is 1.77. The molecule has 0 heterocycles. The second-order valence-corrected chi connectivity index (χ2v) is 1.87. The molecule has 2 N–H and O–H groups in total. The molecule has 0 aliphatic carbocycles. The summed E-state index contributed by atoms with van der Waals surface area (Å²) in [5.41, 5.74) is 0. The van der Waals surface area contributed by atoms with Crippen molar-refractivity contribution in [2.75, 3.05) is 26.3 Å². The van der Waals surface area contributed by atoms with E-state index in [1.807, 2.05) is 0 Å². The predicted octanol–water partition coefficient (Wildman–Crippen LogP) is -0.497. The lowest BCUT2D eigenvalue weighted by atomic mass is 10.5. The summed E-state index contributed by atoms with van der Waals surface area (Å²) < 4.78 is 0. The van der Waals surface area contributed by atoms with E-state index in [0.29, 0.717) is 19.5 Å². The lowest BCUT2D eigenvalue weighted by Crippen LogP contribution is -1.91. The van der Waals surface area contributed by atoms with E-state index in [1.165, 1.54) is 6.21 Å². The average molecular weight is 158 g/mol. The minimum atomic E-state index is -0.0135. The van der Waals surface area contributed by atoms with Gasteiger partial charge in [0.25, 0.3) is 0 Å². The van der Waals surface area contributed by atoms with Crippen LogP contribution in [0.1, 0.15) is 6.42 Å². The SMILES string of the molecule is OCC=NCCN=CCCO. The summed E-state index contributed by atoms with van der Waals surface area (Å²) in [5, 5.41) is 16.6. The number of aliphatic imine (C=N–C) groups is 2. The zero-order valence-electron chi connectivity index (χ0n) is 6.48. The van der Waals surface area contributed by atoms with E-state index in [2.05, 4.69) is 9.98 Å². The molecule has 0 rings (SSSR count).